The SMILES string of the molecule is CN(C)c1ccc(NC(=O)Cc2csc(SCC(=O)c3ccccc3)n2)cc1. The highest BCUT2D eigenvalue weighted by Crippen LogP contribution is 2.24. The number of carbonyl (C=O) groups excluding carboxylic acids is 2. The van der Waals surface area contributed by atoms with Gasteiger partial charge in [0.15, 0.2) is 10.1 Å². The number of nitrogens with one attached hydrogen (secondary N) is 1. The zero-order chi connectivity index (χ0) is 19.9. The molecule has 0 saturated heterocycles. The molecule has 0 fully saturated rings. The average molecular weight is 412 g/mol. The molecular formula is C21H21N3O2S2. The predicted octanol–water partition coefficient (Wildman–Crippen LogP) is 4.37. The van der Waals surface area contributed by atoms with Gasteiger partial charge in [-0.15, -0.1) is 11.3 Å². The van der Waals surface area contributed by atoms with Crippen LogP contribution < -0.4 is 10.2 Å². The van der Waals surface area contributed by atoms with Gasteiger partial charge in [-0.3, -0.25) is 9.59 Å². The number of hydrogen-bond donors (Lipinski definition) is 1. The third-order valence-corrected chi connectivity index (χ3v) is 6.03. The highest BCUT2D eigenvalue weighted by molar-refractivity contribution is 8.01. The van der Waals surface area contributed by atoms with E-state index in [0.29, 0.717) is 17.0 Å². The number of anilines is 2. The molecule has 0 aliphatic heterocycles. The zero-order valence-corrected chi connectivity index (χ0v) is 17.3. The van der Waals surface area contributed by atoms with E-state index in [1.807, 2.05) is 79.0 Å². The Hall–Kier alpha value is -2.64. The number of aromatic nitrogens is 1. The van der Waals surface area contributed by atoms with Crippen LogP contribution in [0.4, 0.5) is 11.4 Å². The minimum absolute atomic E-state index is 0.0706. The lowest BCUT2D eigenvalue weighted by Crippen LogP contribution is -2.15. The third-order valence-electron chi connectivity index (χ3n) is 3.96. The second-order valence-electron chi connectivity index (χ2n) is 6.35. The lowest BCUT2D eigenvalue weighted by Gasteiger charge is -2.12. The van der Waals surface area contributed by atoms with Gasteiger partial charge in [0, 0.05) is 36.4 Å². The van der Waals surface area contributed by atoms with Crippen LogP contribution in [-0.4, -0.2) is 36.5 Å². The van der Waals surface area contributed by atoms with E-state index < -0.39 is 0 Å². The Morgan fingerprint density at radius 2 is 1.79 bits per heavy atom. The van der Waals surface area contributed by atoms with Gasteiger partial charge in [0.25, 0.3) is 0 Å². The van der Waals surface area contributed by atoms with Crippen LogP contribution in [0.1, 0.15) is 16.1 Å². The molecule has 0 radical (unpaired) electrons. The van der Waals surface area contributed by atoms with E-state index in [4.69, 9.17) is 0 Å². The van der Waals surface area contributed by atoms with Gasteiger partial charge in [0.05, 0.1) is 17.9 Å². The van der Waals surface area contributed by atoms with Crippen molar-refractivity contribution in [3.8, 4) is 0 Å². The van der Waals surface area contributed by atoms with Crippen LogP contribution in [0.5, 0.6) is 0 Å². The van der Waals surface area contributed by atoms with Crippen LogP contribution in [0, 0.1) is 0 Å². The van der Waals surface area contributed by atoms with Gasteiger partial charge < -0.3 is 10.2 Å². The fraction of sp³-hybridized carbons (Fsp3) is 0.190. The number of thiazole rings is 1. The zero-order valence-electron chi connectivity index (χ0n) is 15.7. The fourth-order valence-corrected chi connectivity index (χ4v) is 4.22. The van der Waals surface area contributed by atoms with Crippen molar-refractivity contribution < 1.29 is 9.59 Å². The molecule has 1 aromatic heterocycles. The largest absolute Gasteiger partial charge is 0.378 e. The molecule has 1 N–H and O–H groups in total. The van der Waals surface area contributed by atoms with Crippen molar-refractivity contribution in [2.75, 3.05) is 30.1 Å². The predicted molar refractivity (Wildman–Crippen MR) is 117 cm³/mol. The molecule has 28 heavy (non-hydrogen) atoms. The van der Waals surface area contributed by atoms with Crippen molar-refractivity contribution in [3.05, 3.63) is 71.2 Å². The van der Waals surface area contributed by atoms with E-state index in [-0.39, 0.29) is 18.1 Å². The lowest BCUT2D eigenvalue weighted by molar-refractivity contribution is -0.115. The molecule has 144 valence electrons. The van der Waals surface area contributed by atoms with Crippen molar-refractivity contribution in [1.82, 2.24) is 4.98 Å². The lowest BCUT2D eigenvalue weighted by atomic mass is 10.2. The van der Waals surface area contributed by atoms with E-state index >= 15 is 0 Å². The molecule has 1 amide bonds. The maximum atomic E-state index is 12.2. The molecule has 0 spiro atoms. The van der Waals surface area contributed by atoms with Gasteiger partial charge in [-0.2, -0.15) is 0 Å². The summed E-state index contributed by atoms with van der Waals surface area (Å²) in [5.41, 5.74) is 3.24. The normalized spacial score (nSPS) is 10.5. The van der Waals surface area contributed by atoms with Crippen molar-refractivity contribution in [1.29, 1.82) is 0 Å². The molecule has 5 nitrogen and oxygen atoms in total. The highest BCUT2D eigenvalue weighted by Gasteiger charge is 2.11. The summed E-state index contributed by atoms with van der Waals surface area (Å²) in [7, 11) is 3.94. The van der Waals surface area contributed by atoms with Gasteiger partial charge >= 0.3 is 0 Å². The summed E-state index contributed by atoms with van der Waals surface area (Å²) >= 11 is 2.86. The molecule has 0 bridgehead atoms. The quantitative estimate of drug-likeness (QED) is 0.441. The van der Waals surface area contributed by atoms with Gasteiger partial charge in [0.1, 0.15) is 0 Å². The van der Waals surface area contributed by atoms with Crippen LogP contribution >= 0.6 is 23.1 Å². The molecule has 0 aliphatic carbocycles. The van der Waals surface area contributed by atoms with Crippen molar-refractivity contribution in [2.45, 2.75) is 10.8 Å². The number of rotatable bonds is 8. The Bertz CT molecular complexity index is 938. The van der Waals surface area contributed by atoms with Gasteiger partial charge in [-0.25, -0.2) is 4.98 Å². The number of hydrogen-bond acceptors (Lipinski definition) is 6. The minimum Gasteiger partial charge on any atom is -0.378 e. The molecular weight excluding hydrogens is 390 g/mol. The standard InChI is InChI=1S/C21H21N3O2S2/c1-24(2)18-10-8-16(9-11-18)22-20(26)12-17-13-27-21(23-17)28-14-19(25)15-6-4-3-5-7-15/h3-11,13H,12,14H2,1-2H3,(H,22,26). The first-order valence-electron chi connectivity index (χ1n) is 8.74. The number of amides is 1. The summed E-state index contributed by atoms with van der Waals surface area (Å²) in [5.74, 6) is 0.294. The molecule has 3 aromatic rings. The van der Waals surface area contributed by atoms with Crippen molar-refractivity contribution in [3.63, 3.8) is 0 Å². The van der Waals surface area contributed by atoms with Crippen LogP contribution in [0.2, 0.25) is 0 Å². The van der Waals surface area contributed by atoms with Crippen LogP contribution in [0.15, 0.2) is 64.3 Å². The summed E-state index contributed by atoms with van der Waals surface area (Å²) in [6.45, 7) is 0. The molecule has 0 aliphatic rings. The summed E-state index contributed by atoms with van der Waals surface area (Å²) in [4.78, 5) is 30.9. The third kappa shape index (κ3) is 5.68. The fourth-order valence-electron chi connectivity index (χ4n) is 2.48. The van der Waals surface area contributed by atoms with Crippen molar-refractivity contribution in [2.24, 2.45) is 0 Å². The monoisotopic (exact) mass is 411 g/mol. The highest BCUT2D eigenvalue weighted by atomic mass is 32.2. The molecule has 1 heterocycles. The smallest absolute Gasteiger partial charge is 0.230 e. The maximum Gasteiger partial charge on any atom is 0.230 e. The van der Waals surface area contributed by atoms with Crippen LogP contribution in [0.3, 0.4) is 0 Å². The summed E-state index contributed by atoms with van der Waals surface area (Å²) in [6.07, 6.45) is 0.207. The van der Waals surface area contributed by atoms with Gasteiger partial charge in [-0.1, -0.05) is 42.1 Å². The average Bonchev–Trinajstić information content (AvgIpc) is 3.14. The Labute approximate surface area is 172 Å². The topological polar surface area (TPSA) is 62.3 Å². The minimum atomic E-state index is -0.111. The molecule has 0 atom stereocenters. The second kappa shape index (κ2) is 9.52. The molecule has 7 heteroatoms. The van der Waals surface area contributed by atoms with Crippen LogP contribution in [-0.2, 0) is 11.2 Å². The Kier molecular flexibility index (Phi) is 6.84. The van der Waals surface area contributed by atoms with Crippen molar-refractivity contribution >= 4 is 46.2 Å². The molecule has 0 saturated carbocycles. The Balaban J connectivity index is 1.49. The van der Waals surface area contributed by atoms with E-state index in [2.05, 4.69) is 10.3 Å². The van der Waals surface area contributed by atoms with Crippen LogP contribution in [0.25, 0.3) is 0 Å². The first kappa shape index (κ1) is 20.1. The van der Waals surface area contributed by atoms with Gasteiger partial charge in [-0.05, 0) is 24.3 Å². The molecule has 0 unspecified atom stereocenters. The number of ketones is 1. The Morgan fingerprint density at radius 1 is 1.07 bits per heavy atom. The van der Waals surface area contributed by atoms with Gasteiger partial charge in [0.2, 0.25) is 5.91 Å². The summed E-state index contributed by atoms with van der Waals surface area (Å²) < 4.78 is 0.794. The summed E-state index contributed by atoms with van der Waals surface area (Å²) in [5, 5.41) is 4.75. The Morgan fingerprint density at radius 3 is 2.46 bits per heavy atom. The van der Waals surface area contributed by atoms with E-state index in [1.165, 1.54) is 23.1 Å². The molecule has 2 aromatic carbocycles. The first-order valence-corrected chi connectivity index (χ1v) is 10.6. The number of nitrogens with zero attached hydrogens (tertiary/aromatic N) is 2. The van der Waals surface area contributed by atoms with E-state index in [0.717, 1.165) is 15.7 Å². The van der Waals surface area contributed by atoms with E-state index in [9.17, 15) is 9.59 Å². The first-order chi connectivity index (χ1) is 13.5. The number of Topliss-reactive ketones (excluding diaryl/α,β-unsaturated/α-hetero) is 1. The summed E-state index contributed by atoms with van der Waals surface area (Å²) in [6, 6.07) is 16.9. The van der Waals surface area contributed by atoms with E-state index in [1.54, 1.807) is 0 Å². The molecule has 3 rings (SSSR count). The maximum absolute atomic E-state index is 12.2. The number of carbonyl (C=O) groups is 2. The number of thioether (sulfide) groups is 1. The number of benzene rings is 2. The second-order valence-corrected chi connectivity index (χ2v) is 8.43.